The highest BCUT2D eigenvalue weighted by Gasteiger charge is 2.62. The SMILES string of the molecule is CC(C=O)CCCC(C)C1CCC2C3C(CCC12C)C1(C)CC[C@@H](O)CC1C[C@H]3O. The van der Waals surface area contributed by atoms with E-state index < -0.39 is 0 Å². The summed E-state index contributed by atoms with van der Waals surface area (Å²) < 4.78 is 0. The first-order chi connectivity index (χ1) is 14.2. The number of aliphatic hydroxyl groups is 2. The molecule has 3 nitrogen and oxygen atoms in total. The van der Waals surface area contributed by atoms with Crippen LogP contribution in [0.1, 0.15) is 98.3 Å². The van der Waals surface area contributed by atoms with Crippen LogP contribution in [0.3, 0.4) is 0 Å². The molecule has 0 amide bonds. The van der Waals surface area contributed by atoms with E-state index in [0.717, 1.165) is 50.7 Å². The van der Waals surface area contributed by atoms with Crippen LogP contribution >= 0.6 is 0 Å². The van der Waals surface area contributed by atoms with Gasteiger partial charge in [-0.05, 0) is 104 Å². The molecule has 4 saturated carbocycles. The van der Waals surface area contributed by atoms with E-state index in [-0.39, 0.29) is 18.1 Å². The van der Waals surface area contributed by atoms with Crippen molar-refractivity contribution in [2.24, 2.45) is 52.3 Å². The Kier molecular flexibility index (Phi) is 6.45. The fourth-order valence-electron chi connectivity index (χ4n) is 9.21. The number of hydrogen-bond donors (Lipinski definition) is 2. The highest BCUT2D eigenvalue weighted by molar-refractivity contribution is 5.52. The first-order valence-electron chi connectivity index (χ1n) is 13.0. The van der Waals surface area contributed by atoms with Crippen molar-refractivity contribution in [1.29, 1.82) is 0 Å². The van der Waals surface area contributed by atoms with Crippen LogP contribution in [0.5, 0.6) is 0 Å². The van der Waals surface area contributed by atoms with Crippen molar-refractivity contribution in [2.45, 2.75) is 111 Å². The van der Waals surface area contributed by atoms with Gasteiger partial charge in [0, 0.05) is 5.92 Å². The van der Waals surface area contributed by atoms with Gasteiger partial charge in [0.25, 0.3) is 0 Å². The van der Waals surface area contributed by atoms with Crippen molar-refractivity contribution in [1.82, 2.24) is 0 Å². The lowest BCUT2D eigenvalue weighted by molar-refractivity contribution is -0.174. The second-order valence-electron chi connectivity index (χ2n) is 12.5. The first kappa shape index (κ1) is 22.8. The molecule has 0 heterocycles. The molecule has 0 aliphatic heterocycles. The summed E-state index contributed by atoms with van der Waals surface area (Å²) in [5.74, 6) is 3.94. The minimum Gasteiger partial charge on any atom is -0.393 e. The Balaban J connectivity index is 1.48. The summed E-state index contributed by atoms with van der Waals surface area (Å²) in [5, 5.41) is 21.6. The van der Waals surface area contributed by atoms with Crippen LogP contribution in [0.15, 0.2) is 0 Å². The third-order valence-corrected chi connectivity index (χ3v) is 11.0. The van der Waals surface area contributed by atoms with Gasteiger partial charge in [0.2, 0.25) is 0 Å². The maximum atomic E-state index is 11.3. The zero-order chi connectivity index (χ0) is 21.7. The molecule has 0 spiro atoms. The minimum atomic E-state index is -0.175. The van der Waals surface area contributed by atoms with Gasteiger partial charge >= 0.3 is 0 Å². The quantitative estimate of drug-likeness (QED) is 0.551. The van der Waals surface area contributed by atoms with Crippen molar-refractivity contribution in [3.8, 4) is 0 Å². The second kappa shape index (κ2) is 8.50. The van der Waals surface area contributed by atoms with Gasteiger partial charge in [0.05, 0.1) is 12.2 Å². The molecule has 0 aromatic rings. The highest BCUT2D eigenvalue weighted by Crippen LogP contribution is 2.68. The normalized spacial score (nSPS) is 50.1. The molecule has 0 radical (unpaired) electrons. The van der Waals surface area contributed by atoms with E-state index in [2.05, 4.69) is 20.8 Å². The number of carbonyl (C=O) groups is 1. The zero-order valence-electron chi connectivity index (χ0n) is 19.9. The fourth-order valence-corrected chi connectivity index (χ4v) is 9.21. The maximum absolute atomic E-state index is 11.3. The summed E-state index contributed by atoms with van der Waals surface area (Å²) >= 11 is 0. The van der Waals surface area contributed by atoms with Gasteiger partial charge in [-0.15, -0.1) is 0 Å². The smallest absolute Gasteiger partial charge is 0.122 e. The molecule has 4 rings (SSSR count). The van der Waals surface area contributed by atoms with E-state index in [4.69, 9.17) is 0 Å². The number of rotatable bonds is 6. The van der Waals surface area contributed by atoms with Gasteiger partial charge < -0.3 is 15.0 Å². The molecule has 0 bridgehead atoms. The van der Waals surface area contributed by atoms with Crippen molar-refractivity contribution in [3.05, 3.63) is 0 Å². The summed E-state index contributed by atoms with van der Waals surface area (Å²) in [6, 6.07) is 0. The van der Waals surface area contributed by atoms with E-state index in [9.17, 15) is 15.0 Å². The molecule has 4 aliphatic carbocycles. The van der Waals surface area contributed by atoms with Crippen LogP contribution in [-0.2, 0) is 4.79 Å². The van der Waals surface area contributed by atoms with E-state index in [1.54, 1.807) is 0 Å². The molecule has 4 aliphatic rings. The molecule has 9 unspecified atom stereocenters. The zero-order valence-corrected chi connectivity index (χ0v) is 19.9. The van der Waals surface area contributed by atoms with Crippen LogP contribution in [0.25, 0.3) is 0 Å². The summed E-state index contributed by atoms with van der Waals surface area (Å²) in [5.41, 5.74) is 0.689. The molecule has 0 aromatic heterocycles. The molecule has 11 atom stereocenters. The van der Waals surface area contributed by atoms with E-state index in [1.807, 2.05) is 6.92 Å². The molecule has 3 heteroatoms. The largest absolute Gasteiger partial charge is 0.393 e. The third-order valence-electron chi connectivity index (χ3n) is 11.0. The summed E-state index contributed by atoms with van der Waals surface area (Å²) in [7, 11) is 0. The molecular formula is C27H46O3. The lowest BCUT2D eigenvalue weighted by Crippen LogP contribution is -2.58. The maximum Gasteiger partial charge on any atom is 0.122 e. The van der Waals surface area contributed by atoms with Crippen molar-refractivity contribution in [3.63, 3.8) is 0 Å². The van der Waals surface area contributed by atoms with Gasteiger partial charge in [-0.25, -0.2) is 0 Å². The van der Waals surface area contributed by atoms with Crippen molar-refractivity contribution >= 4 is 6.29 Å². The predicted molar refractivity (Wildman–Crippen MR) is 121 cm³/mol. The van der Waals surface area contributed by atoms with Gasteiger partial charge in [0.15, 0.2) is 0 Å². The lowest BCUT2D eigenvalue weighted by Gasteiger charge is -2.62. The second-order valence-corrected chi connectivity index (χ2v) is 12.5. The Morgan fingerprint density at radius 3 is 2.37 bits per heavy atom. The Bertz CT molecular complexity index is 619. The Morgan fingerprint density at radius 1 is 0.933 bits per heavy atom. The van der Waals surface area contributed by atoms with Crippen LogP contribution in [-0.4, -0.2) is 28.7 Å². The summed E-state index contributed by atoms with van der Waals surface area (Å²) in [6.07, 6.45) is 13.3. The van der Waals surface area contributed by atoms with Gasteiger partial charge in [-0.2, -0.15) is 0 Å². The molecular weight excluding hydrogens is 372 g/mol. The van der Waals surface area contributed by atoms with Crippen molar-refractivity contribution in [2.75, 3.05) is 0 Å². The number of aliphatic hydroxyl groups excluding tert-OH is 2. The number of hydrogen-bond acceptors (Lipinski definition) is 3. The fraction of sp³-hybridized carbons (Fsp3) is 0.963. The minimum absolute atomic E-state index is 0.153. The van der Waals surface area contributed by atoms with Crippen molar-refractivity contribution < 1.29 is 15.0 Å². The van der Waals surface area contributed by atoms with E-state index in [1.165, 1.54) is 32.1 Å². The molecule has 0 aromatic carbocycles. The standard InChI is InChI=1S/C27H46O3/c1-17(16-28)6-5-7-18(2)21-8-9-22-25-23(11-13-27(21,22)4)26(3)12-10-20(29)14-19(26)15-24(25)30/h16-25,29-30H,5-15H2,1-4H3/t17?,18?,19?,20-,21?,22?,23?,24-,25?,26?,27?/m1/s1. The Morgan fingerprint density at radius 2 is 1.63 bits per heavy atom. The van der Waals surface area contributed by atoms with Crippen LogP contribution in [0.2, 0.25) is 0 Å². The van der Waals surface area contributed by atoms with E-state index >= 15 is 0 Å². The molecule has 0 saturated heterocycles. The Hall–Kier alpha value is -0.410. The average Bonchev–Trinajstić information content (AvgIpc) is 3.06. The lowest BCUT2D eigenvalue weighted by atomic mass is 9.43. The Labute approximate surface area is 184 Å². The number of carbonyl (C=O) groups excluding carboxylic acids is 1. The predicted octanol–water partition coefficient (Wildman–Crippen LogP) is 5.62. The summed E-state index contributed by atoms with van der Waals surface area (Å²) in [6.45, 7) is 9.54. The van der Waals surface area contributed by atoms with E-state index in [0.29, 0.717) is 40.4 Å². The van der Waals surface area contributed by atoms with Crippen LogP contribution < -0.4 is 0 Å². The van der Waals surface area contributed by atoms with Gasteiger partial charge in [-0.3, -0.25) is 0 Å². The molecule has 172 valence electrons. The van der Waals surface area contributed by atoms with Crippen LogP contribution in [0, 0.1) is 52.3 Å². The molecule has 30 heavy (non-hydrogen) atoms. The third kappa shape index (κ3) is 3.70. The first-order valence-corrected chi connectivity index (χ1v) is 13.0. The van der Waals surface area contributed by atoms with Crippen LogP contribution in [0.4, 0.5) is 0 Å². The number of aldehydes is 1. The van der Waals surface area contributed by atoms with Gasteiger partial charge in [-0.1, -0.05) is 40.5 Å². The monoisotopic (exact) mass is 418 g/mol. The topological polar surface area (TPSA) is 57.5 Å². The number of fused-ring (bicyclic) bond motifs is 5. The highest BCUT2D eigenvalue weighted by atomic mass is 16.3. The summed E-state index contributed by atoms with van der Waals surface area (Å²) in [4.78, 5) is 10.9. The average molecular weight is 419 g/mol. The molecule has 2 N–H and O–H groups in total. The van der Waals surface area contributed by atoms with Gasteiger partial charge in [0.1, 0.15) is 6.29 Å². The molecule has 4 fully saturated rings.